The Hall–Kier alpha value is -3.83. The van der Waals surface area contributed by atoms with E-state index in [2.05, 4.69) is 12.1 Å². The molecule has 0 atom stereocenters. The maximum atomic E-state index is 12.6. The lowest BCUT2D eigenvalue weighted by atomic mass is 9.97. The summed E-state index contributed by atoms with van der Waals surface area (Å²) < 4.78 is 7.03. The van der Waals surface area contributed by atoms with Crippen molar-refractivity contribution in [2.24, 2.45) is 7.05 Å². The highest BCUT2D eigenvalue weighted by molar-refractivity contribution is 5.98. The molecular formula is C25H23N3O2. The van der Waals surface area contributed by atoms with Crippen LogP contribution in [0, 0.1) is 22.7 Å². The molecule has 0 fully saturated rings. The van der Waals surface area contributed by atoms with Crippen LogP contribution in [-0.2, 0) is 24.6 Å². The number of hydrogen-bond donors (Lipinski definition) is 0. The second kappa shape index (κ2) is 9.11. The second-order valence-corrected chi connectivity index (χ2v) is 6.98. The van der Waals surface area contributed by atoms with Crippen LogP contribution in [0.5, 0.6) is 0 Å². The van der Waals surface area contributed by atoms with Gasteiger partial charge in [-0.1, -0.05) is 43.3 Å². The molecule has 1 heterocycles. The molecule has 0 aliphatic carbocycles. The molecule has 0 bridgehead atoms. The summed E-state index contributed by atoms with van der Waals surface area (Å²) in [6.07, 6.45) is 1.33. The minimum Gasteiger partial charge on any atom is -0.461 e. The Balaban J connectivity index is 2.02. The fourth-order valence-electron chi connectivity index (χ4n) is 3.76. The number of nitrogens with zero attached hydrogens (tertiary/aromatic N) is 3. The molecule has 0 saturated carbocycles. The lowest BCUT2D eigenvalue weighted by Crippen LogP contribution is -2.12. The number of carbonyl (C=O) groups is 1. The highest BCUT2D eigenvalue weighted by Gasteiger charge is 2.26. The molecule has 30 heavy (non-hydrogen) atoms. The zero-order valence-corrected chi connectivity index (χ0v) is 17.4. The Kier molecular flexibility index (Phi) is 6.35. The number of aromatic nitrogens is 1. The van der Waals surface area contributed by atoms with Gasteiger partial charge in [-0.2, -0.15) is 10.5 Å². The van der Waals surface area contributed by atoms with Crippen molar-refractivity contribution < 1.29 is 9.53 Å². The molecule has 0 unspecified atom stereocenters. The Morgan fingerprint density at radius 3 is 2.37 bits per heavy atom. The maximum absolute atomic E-state index is 12.6. The third-order valence-electron chi connectivity index (χ3n) is 5.14. The van der Waals surface area contributed by atoms with Crippen molar-refractivity contribution in [3.05, 3.63) is 82.2 Å². The van der Waals surface area contributed by atoms with Gasteiger partial charge in [0, 0.05) is 18.3 Å². The van der Waals surface area contributed by atoms with Gasteiger partial charge in [0.1, 0.15) is 11.8 Å². The molecule has 5 heteroatoms. The topological polar surface area (TPSA) is 78.8 Å². The van der Waals surface area contributed by atoms with Gasteiger partial charge in [0.15, 0.2) is 0 Å². The molecular weight excluding hydrogens is 374 g/mol. The van der Waals surface area contributed by atoms with Gasteiger partial charge in [-0.15, -0.1) is 0 Å². The molecule has 2 aromatic carbocycles. The van der Waals surface area contributed by atoms with Crippen molar-refractivity contribution in [2.75, 3.05) is 6.61 Å². The lowest BCUT2D eigenvalue weighted by Gasteiger charge is -2.09. The fraction of sp³-hybridized carbons (Fsp3) is 0.240. The van der Waals surface area contributed by atoms with E-state index < -0.39 is 5.97 Å². The molecule has 0 aliphatic rings. The number of rotatable bonds is 6. The molecule has 3 rings (SSSR count). The van der Waals surface area contributed by atoms with E-state index in [1.54, 1.807) is 24.6 Å². The molecule has 150 valence electrons. The zero-order chi connectivity index (χ0) is 21.7. The predicted octanol–water partition coefficient (Wildman–Crippen LogP) is 4.77. The summed E-state index contributed by atoms with van der Waals surface area (Å²) in [6.45, 7) is 4.00. The monoisotopic (exact) mass is 397 g/mol. The van der Waals surface area contributed by atoms with Crippen molar-refractivity contribution in [1.82, 2.24) is 4.57 Å². The maximum Gasteiger partial charge on any atom is 0.355 e. The van der Waals surface area contributed by atoms with Gasteiger partial charge in [-0.25, -0.2) is 4.79 Å². The Labute approximate surface area is 176 Å². The minimum absolute atomic E-state index is 0.271. The second-order valence-electron chi connectivity index (χ2n) is 6.98. The summed E-state index contributed by atoms with van der Waals surface area (Å²) >= 11 is 0. The van der Waals surface area contributed by atoms with E-state index in [1.807, 2.05) is 49.4 Å². The van der Waals surface area contributed by atoms with Gasteiger partial charge in [0.25, 0.3) is 0 Å². The first-order valence-electron chi connectivity index (χ1n) is 9.91. The summed E-state index contributed by atoms with van der Waals surface area (Å²) in [5, 5.41) is 18.9. The predicted molar refractivity (Wildman–Crippen MR) is 115 cm³/mol. The van der Waals surface area contributed by atoms with Crippen LogP contribution in [0.3, 0.4) is 0 Å². The van der Waals surface area contributed by atoms with Crippen LogP contribution in [0.25, 0.3) is 11.1 Å². The van der Waals surface area contributed by atoms with E-state index in [1.165, 1.54) is 0 Å². The summed E-state index contributed by atoms with van der Waals surface area (Å²) in [5.74, 6) is -0.427. The average molecular weight is 397 g/mol. The molecule has 0 N–H and O–H groups in total. The smallest absolute Gasteiger partial charge is 0.355 e. The van der Waals surface area contributed by atoms with Crippen LogP contribution in [0.4, 0.5) is 0 Å². The van der Waals surface area contributed by atoms with E-state index in [0.29, 0.717) is 35.2 Å². The summed E-state index contributed by atoms with van der Waals surface area (Å²) in [4.78, 5) is 12.6. The molecule has 5 nitrogen and oxygen atoms in total. The van der Waals surface area contributed by atoms with Gasteiger partial charge >= 0.3 is 5.97 Å². The van der Waals surface area contributed by atoms with Crippen LogP contribution >= 0.6 is 0 Å². The van der Waals surface area contributed by atoms with Crippen molar-refractivity contribution in [1.29, 1.82) is 10.5 Å². The van der Waals surface area contributed by atoms with Gasteiger partial charge in [-0.05, 0) is 48.6 Å². The van der Waals surface area contributed by atoms with Crippen molar-refractivity contribution in [3.8, 4) is 23.3 Å². The van der Waals surface area contributed by atoms with E-state index in [9.17, 15) is 10.1 Å². The number of nitriles is 2. The fourth-order valence-corrected chi connectivity index (χ4v) is 3.76. The minimum atomic E-state index is -0.427. The lowest BCUT2D eigenvalue weighted by molar-refractivity contribution is 0.0516. The van der Waals surface area contributed by atoms with Gasteiger partial charge in [0.2, 0.25) is 0 Å². The number of carbonyl (C=O) groups excluding carboxylic acids is 1. The molecule has 0 spiro atoms. The van der Waals surface area contributed by atoms with E-state index in [4.69, 9.17) is 10.00 Å². The van der Waals surface area contributed by atoms with Crippen molar-refractivity contribution >= 4 is 5.97 Å². The molecule has 1 aromatic heterocycles. The standard InChI is InChI=1S/C25H23N3O2/c1-4-22-21(16-27)23(24(28(22)3)25(29)30-5-2)20-11-9-17(10-12-20)13-18-7-6-8-19(14-18)15-26/h6-12,14H,4-5,13H2,1-3H3. The van der Waals surface area contributed by atoms with Crippen LogP contribution in [0.15, 0.2) is 48.5 Å². The molecule has 0 aliphatic heterocycles. The van der Waals surface area contributed by atoms with E-state index in [0.717, 1.165) is 22.4 Å². The van der Waals surface area contributed by atoms with E-state index >= 15 is 0 Å². The molecule has 0 saturated heterocycles. The van der Waals surface area contributed by atoms with E-state index in [-0.39, 0.29) is 6.61 Å². The Morgan fingerprint density at radius 1 is 1.03 bits per heavy atom. The molecule has 3 aromatic rings. The Morgan fingerprint density at radius 2 is 1.77 bits per heavy atom. The Bertz CT molecular complexity index is 1160. The summed E-state index contributed by atoms with van der Waals surface area (Å²) in [5.41, 5.74) is 5.92. The SMILES string of the molecule is CCOC(=O)c1c(-c2ccc(Cc3cccc(C#N)c3)cc2)c(C#N)c(CC)n1C. The quantitative estimate of drug-likeness (QED) is 0.562. The van der Waals surface area contributed by atoms with Crippen LogP contribution < -0.4 is 0 Å². The molecule has 0 amide bonds. The first-order valence-corrected chi connectivity index (χ1v) is 9.91. The number of benzene rings is 2. The number of ether oxygens (including phenoxy) is 1. The molecule has 0 radical (unpaired) electrons. The van der Waals surface area contributed by atoms with Gasteiger partial charge in [-0.3, -0.25) is 0 Å². The highest BCUT2D eigenvalue weighted by Crippen LogP contribution is 2.33. The van der Waals surface area contributed by atoms with Gasteiger partial charge in [0.05, 0.1) is 23.8 Å². The first kappa shape index (κ1) is 20.9. The first-order chi connectivity index (χ1) is 14.5. The summed E-state index contributed by atoms with van der Waals surface area (Å²) in [7, 11) is 1.80. The third kappa shape index (κ3) is 3.97. The average Bonchev–Trinajstić information content (AvgIpc) is 3.06. The summed E-state index contributed by atoms with van der Waals surface area (Å²) in [6, 6.07) is 19.8. The van der Waals surface area contributed by atoms with Gasteiger partial charge < -0.3 is 9.30 Å². The van der Waals surface area contributed by atoms with Crippen LogP contribution in [0.1, 0.15) is 52.3 Å². The zero-order valence-electron chi connectivity index (χ0n) is 17.4. The normalized spacial score (nSPS) is 10.3. The third-order valence-corrected chi connectivity index (χ3v) is 5.14. The number of esters is 1. The van der Waals surface area contributed by atoms with Crippen LogP contribution in [0.2, 0.25) is 0 Å². The number of hydrogen-bond acceptors (Lipinski definition) is 4. The highest BCUT2D eigenvalue weighted by atomic mass is 16.5. The van der Waals surface area contributed by atoms with Crippen molar-refractivity contribution in [2.45, 2.75) is 26.7 Å². The van der Waals surface area contributed by atoms with Crippen LogP contribution in [-0.4, -0.2) is 17.1 Å². The van der Waals surface area contributed by atoms with Crippen molar-refractivity contribution in [3.63, 3.8) is 0 Å². The largest absolute Gasteiger partial charge is 0.461 e.